The van der Waals surface area contributed by atoms with Crippen LogP contribution in [-0.4, -0.2) is 13.1 Å². The Morgan fingerprint density at radius 2 is 2.16 bits per heavy atom. The Morgan fingerprint density at radius 1 is 1.26 bits per heavy atom. The average molecular weight is 256 g/mol. The highest BCUT2D eigenvalue weighted by Crippen LogP contribution is 2.32. The van der Waals surface area contributed by atoms with Crippen LogP contribution in [0.3, 0.4) is 0 Å². The van der Waals surface area contributed by atoms with E-state index in [1.54, 1.807) is 0 Å². The summed E-state index contributed by atoms with van der Waals surface area (Å²) in [5, 5.41) is 6.92. The molecule has 0 spiro atoms. The first-order chi connectivity index (χ1) is 9.33. The molecule has 19 heavy (non-hydrogen) atoms. The van der Waals surface area contributed by atoms with Crippen LogP contribution < -0.4 is 10.6 Å². The molecule has 1 aliphatic rings. The van der Waals surface area contributed by atoms with Crippen LogP contribution in [-0.2, 0) is 6.54 Å². The summed E-state index contributed by atoms with van der Waals surface area (Å²) < 4.78 is 5.54. The molecule has 1 aromatic carbocycles. The highest BCUT2D eigenvalue weighted by atomic mass is 16.3. The fourth-order valence-electron chi connectivity index (χ4n) is 2.68. The molecule has 1 unspecified atom stereocenters. The molecule has 1 aliphatic heterocycles. The van der Waals surface area contributed by atoms with Crippen LogP contribution in [0.5, 0.6) is 0 Å². The lowest BCUT2D eigenvalue weighted by Crippen LogP contribution is -2.17. The number of fused-ring (bicyclic) bond motifs is 1. The Kier molecular flexibility index (Phi) is 3.56. The van der Waals surface area contributed by atoms with Crippen molar-refractivity contribution >= 4 is 5.69 Å². The van der Waals surface area contributed by atoms with Crippen molar-refractivity contribution in [2.75, 3.05) is 18.4 Å². The number of hydrogen-bond donors (Lipinski definition) is 2. The number of anilines is 1. The topological polar surface area (TPSA) is 37.2 Å². The quantitative estimate of drug-likeness (QED) is 0.806. The highest BCUT2D eigenvalue weighted by Gasteiger charge is 2.20. The van der Waals surface area contributed by atoms with E-state index in [1.165, 1.54) is 11.3 Å². The van der Waals surface area contributed by atoms with E-state index in [4.69, 9.17) is 4.42 Å². The standard InChI is InChI=1S/C16H20N2O/c1-12-6-7-14(19-12)11-17-9-8-13-10-18-16-5-3-2-4-15(13)16/h2-7,13,17-18H,8-11H2,1H3. The number of nitrogens with one attached hydrogen (secondary N) is 2. The summed E-state index contributed by atoms with van der Waals surface area (Å²) in [6.45, 7) is 4.86. The van der Waals surface area contributed by atoms with Crippen LogP contribution in [0.15, 0.2) is 40.8 Å². The smallest absolute Gasteiger partial charge is 0.117 e. The van der Waals surface area contributed by atoms with Crippen molar-refractivity contribution in [2.24, 2.45) is 0 Å². The van der Waals surface area contributed by atoms with E-state index in [1.807, 2.05) is 19.1 Å². The van der Waals surface area contributed by atoms with Gasteiger partial charge in [0.2, 0.25) is 0 Å². The normalized spacial score (nSPS) is 17.2. The zero-order valence-electron chi connectivity index (χ0n) is 11.3. The van der Waals surface area contributed by atoms with Crippen LogP contribution in [0, 0.1) is 6.92 Å². The second-order valence-electron chi connectivity index (χ2n) is 5.14. The molecule has 2 aromatic rings. The SMILES string of the molecule is Cc1ccc(CNCCC2CNc3ccccc32)o1. The molecule has 0 bridgehead atoms. The second kappa shape index (κ2) is 5.49. The molecule has 0 amide bonds. The van der Waals surface area contributed by atoms with Gasteiger partial charge in [0.25, 0.3) is 0 Å². The molecule has 0 saturated carbocycles. The zero-order chi connectivity index (χ0) is 13.1. The third-order valence-electron chi connectivity index (χ3n) is 3.70. The molecule has 3 rings (SSSR count). The molecule has 3 heteroatoms. The molecule has 0 saturated heterocycles. The molecule has 0 radical (unpaired) electrons. The second-order valence-corrected chi connectivity index (χ2v) is 5.14. The van der Waals surface area contributed by atoms with Gasteiger partial charge in [-0.2, -0.15) is 0 Å². The minimum absolute atomic E-state index is 0.627. The first-order valence-electron chi connectivity index (χ1n) is 6.92. The largest absolute Gasteiger partial charge is 0.465 e. The van der Waals surface area contributed by atoms with E-state index in [9.17, 15) is 0 Å². The Hall–Kier alpha value is -1.74. The zero-order valence-corrected chi connectivity index (χ0v) is 11.3. The van der Waals surface area contributed by atoms with Crippen molar-refractivity contribution in [2.45, 2.75) is 25.8 Å². The minimum Gasteiger partial charge on any atom is -0.465 e. The maximum absolute atomic E-state index is 5.54. The summed E-state index contributed by atoms with van der Waals surface area (Å²) in [5.74, 6) is 2.62. The monoisotopic (exact) mass is 256 g/mol. The van der Waals surface area contributed by atoms with Gasteiger partial charge in [-0.1, -0.05) is 18.2 Å². The molecule has 1 aromatic heterocycles. The van der Waals surface area contributed by atoms with E-state index in [0.717, 1.165) is 37.6 Å². The lowest BCUT2D eigenvalue weighted by atomic mass is 9.98. The number of para-hydroxylation sites is 1. The van der Waals surface area contributed by atoms with E-state index < -0.39 is 0 Å². The Bertz CT molecular complexity index is 547. The first kappa shape index (κ1) is 12.3. The van der Waals surface area contributed by atoms with Gasteiger partial charge in [0, 0.05) is 18.2 Å². The number of hydrogen-bond acceptors (Lipinski definition) is 3. The highest BCUT2D eigenvalue weighted by molar-refractivity contribution is 5.57. The molecule has 2 heterocycles. The van der Waals surface area contributed by atoms with E-state index in [0.29, 0.717) is 5.92 Å². The van der Waals surface area contributed by atoms with Crippen molar-refractivity contribution in [1.82, 2.24) is 5.32 Å². The molecule has 0 fully saturated rings. The Labute approximate surface area is 114 Å². The summed E-state index contributed by atoms with van der Waals surface area (Å²) in [7, 11) is 0. The lowest BCUT2D eigenvalue weighted by molar-refractivity contribution is 0.457. The minimum atomic E-state index is 0.627. The third-order valence-corrected chi connectivity index (χ3v) is 3.70. The maximum Gasteiger partial charge on any atom is 0.117 e. The van der Waals surface area contributed by atoms with E-state index >= 15 is 0 Å². The first-order valence-corrected chi connectivity index (χ1v) is 6.92. The van der Waals surface area contributed by atoms with Gasteiger partial charge < -0.3 is 15.1 Å². The van der Waals surface area contributed by atoms with Crippen LogP contribution in [0.4, 0.5) is 5.69 Å². The van der Waals surface area contributed by atoms with Gasteiger partial charge in [-0.3, -0.25) is 0 Å². The molecule has 3 nitrogen and oxygen atoms in total. The van der Waals surface area contributed by atoms with Crippen molar-refractivity contribution in [3.05, 3.63) is 53.5 Å². The number of furan rings is 1. The predicted molar refractivity (Wildman–Crippen MR) is 77.4 cm³/mol. The molecular weight excluding hydrogens is 236 g/mol. The van der Waals surface area contributed by atoms with E-state index in [-0.39, 0.29) is 0 Å². The number of benzene rings is 1. The predicted octanol–water partition coefficient (Wildman–Crippen LogP) is 3.28. The van der Waals surface area contributed by atoms with Gasteiger partial charge in [-0.25, -0.2) is 0 Å². The van der Waals surface area contributed by atoms with Crippen LogP contribution in [0.25, 0.3) is 0 Å². The molecule has 100 valence electrons. The van der Waals surface area contributed by atoms with Gasteiger partial charge in [0.1, 0.15) is 11.5 Å². The third kappa shape index (κ3) is 2.82. The van der Waals surface area contributed by atoms with Crippen LogP contribution in [0.2, 0.25) is 0 Å². The van der Waals surface area contributed by atoms with Gasteiger partial charge in [-0.15, -0.1) is 0 Å². The van der Waals surface area contributed by atoms with Gasteiger partial charge in [0.05, 0.1) is 6.54 Å². The Balaban J connectivity index is 1.46. The average Bonchev–Trinajstić information content (AvgIpc) is 3.02. The van der Waals surface area contributed by atoms with Gasteiger partial charge in [0.15, 0.2) is 0 Å². The van der Waals surface area contributed by atoms with Crippen molar-refractivity contribution in [3.8, 4) is 0 Å². The molecule has 2 N–H and O–H groups in total. The fraction of sp³-hybridized carbons (Fsp3) is 0.375. The summed E-state index contributed by atoms with van der Waals surface area (Å²) in [5.41, 5.74) is 2.76. The Morgan fingerprint density at radius 3 is 3.00 bits per heavy atom. The van der Waals surface area contributed by atoms with Crippen molar-refractivity contribution in [1.29, 1.82) is 0 Å². The fourth-order valence-corrected chi connectivity index (χ4v) is 2.68. The molecule has 1 atom stereocenters. The summed E-state index contributed by atoms with van der Waals surface area (Å²) in [6.07, 6.45) is 1.16. The van der Waals surface area contributed by atoms with Crippen molar-refractivity contribution < 1.29 is 4.42 Å². The molecule has 0 aliphatic carbocycles. The molecular formula is C16H20N2O. The number of rotatable bonds is 5. The summed E-state index contributed by atoms with van der Waals surface area (Å²) in [6, 6.07) is 12.6. The van der Waals surface area contributed by atoms with Crippen molar-refractivity contribution in [3.63, 3.8) is 0 Å². The lowest BCUT2D eigenvalue weighted by Gasteiger charge is -2.10. The van der Waals surface area contributed by atoms with Gasteiger partial charge >= 0.3 is 0 Å². The summed E-state index contributed by atoms with van der Waals surface area (Å²) >= 11 is 0. The maximum atomic E-state index is 5.54. The van der Waals surface area contributed by atoms with Gasteiger partial charge in [-0.05, 0) is 43.7 Å². The number of aryl methyl sites for hydroxylation is 1. The van der Waals surface area contributed by atoms with Crippen LogP contribution >= 0.6 is 0 Å². The van der Waals surface area contributed by atoms with E-state index in [2.05, 4.69) is 34.9 Å². The summed E-state index contributed by atoms with van der Waals surface area (Å²) in [4.78, 5) is 0. The van der Waals surface area contributed by atoms with Crippen LogP contribution in [0.1, 0.15) is 29.4 Å².